The number of sulfonamides is 1. The molecule has 0 saturated heterocycles. The number of anilines is 1. The average molecular weight is 407 g/mol. The van der Waals surface area contributed by atoms with Gasteiger partial charge in [-0.3, -0.25) is 14.9 Å². The Hall–Kier alpha value is -2.98. The number of nitrogens with zero attached hydrogens (tertiary/aromatic N) is 1. The molecule has 2 aromatic carbocycles. The number of amides is 1. The molecule has 1 unspecified atom stereocenters. The molecule has 0 heterocycles. The molecule has 28 heavy (non-hydrogen) atoms. The second kappa shape index (κ2) is 8.36. The van der Waals surface area contributed by atoms with Crippen molar-refractivity contribution < 1.29 is 22.9 Å². The lowest BCUT2D eigenvalue weighted by Crippen LogP contribution is -2.41. The zero-order valence-electron chi connectivity index (χ0n) is 15.8. The zero-order chi connectivity index (χ0) is 21.1. The number of nitro groups is 1. The van der Waals surface area contributed by atoms with Gasteiger partial charge in [0, 0.05) is 6.07 Å². The second-order valence-corrected chi connectivity index (χ2v) is 7.88. The largest absolute Gasteiger partial charge is 0.495 e. The maximum absolute atomic E-state index is 12.7. The Kier molecular flexibility index (Phi) is 6.37. The van der Waals surface area contributed by atoms with Gasteiger partial charge in [0.1, 0.15) is 10.6 Å². The van der Waals surface area contributed by atoms with Crippen molar-refractivity contribution in [1.29, 1.82) is 0 Å². The summed E-state index contributed by atoms with van der Waals surface area (Å²) < 4.78 is 32.8. The average Bonchev–Trinajstić information content (AvgIpc) is 2.62. The maximum Gasteiger partial charge on any atom is 0.274 e. The molecule has 0 aliphatic heterocycles. The van der Waals surface area contributed by atoms with Crippen LogP contribution < -0.4 is 14.8 Å². The fourth-order valence-corrected chi connectivity index (χ4v) is 4.00. The summed E-state index contributed by atoms with van der Waals surface area (Å²) in [7, 11) is -2.69. The fourth-order valence-electron chi connectivity index (χ4n) is 2.54. The molecule has 10 heteroatoms. The summed E-state index contributed by atoms with van der Waals surface area (Å²) in [6, 6.07) is 7.81. The van der Waals surface area contributed by atoms with Gasteiger partial charge in [0.2, 0.25) is 15.9 Å². The number of benzene rings is 2. The molecule has 2 rings (SSSR count). The van der Waals surface area contributed by atoms with Gasteiger partial charge in [-0.1, -0.05) is 12.1 Å². The van der Waals surface area contributed by atoms with Gasteiger partial charge in [-0.15, -0.1) is 0 Å². The second-order valence-electron chi connectivity index (χ2n) is 6.19. The minimum absolute atomic E-state index is 0.0822. The van der Waals surface area contributed by atoms with Crippen LogP contribution in [0.3, 0.4) is 0 Å². The van der Waals surface area contributed by atoms with Crippen LogP contribution >= 0.6 is 0 Å². The number of hydrogen-bond donors (Lipinski definition) is 2. The van der Waals surface area contributed by atoms with Crippen LogP contribution in [-0.4, -0.2) is 32.4 Å². The number of aryl methyl sites for hydroxylation is 1. The highest BCUT2D eigenvalue weighted by Crippen LogP contribution is 2.26. The summed E-state index contributed by atoms with van der Waals surface area (Å²) in [6.07, 6.45) is 0. The van der Waals surface area contributed by atoms with Gasteiger partial charge in [-0.25, -0.2) is 8.42 Å². The highest BCUT2D eigenvalue weighted by atomic mass is 32.2. The lowest BCUT2D eigenvalue weighted by atomic mass is 10.1. The predicted octanol–water partition coefficient (Wildman–Crippen LogP) is 2.53. The van der Waals surface area contributed by atoms with Crippen LogP contribution in [0.5, 0.6) is 5.75 Å². The number of nitrogens with one attached hydrogen (secondary N) is 2. The van der Waals surface area contributed by atoms with Gasteiger partial charge in [0.25, 0.3) is 5.69 Å². The summed E-state index contributed by atoms with van der Waals surface area (Å²) in [5.74, 6) is -0.501. The highest BCUT2D eigenvalue weighted by Gasteiger charge is 2.26. The fraction of sp³-hybridized carbons (Fsp3) is 0.278. The third kappa shape index (κ3) is 4.65. The van der Waals surface area contributed by atoms with Crippen LogP contribution in [0.4, 0.5) is 11.4 Å². The molecule has 0 radical (unpaired) electrons. The van der Waals surface area contributed by atoms with Crippen molar-refractivity contribution in [1.82, 2.24) is 4.72 Å². The molecular formula is C18H21N3O6S. The van der Waals surface area contributed by atoms with Gasteiger partial charge in [0.15, 0.2) is 0 Å². The van der Waals surface area contributed by atoms with Crippen LogP contribution in [0, 0.1) is 24.0 Å². The van der Waals surface area contributed by atoms with Crippen molar-refractivity contribution >= 4 is 27.3 Å². The van der Waals surface area contributed by atoms with Crippen LogP contribution in [0.2, 0.25) is 0 Å². The van der Waals surface area contributed by atoms with Crippen molar-refractivity contribution in [3.8, 4) is 5.75 Å². The lowest BCUT2D eigenvalue weighted by Gasteiger charge is -2.17. The molecule has 2 aromatic rings. The molecule has 0 aliphatic carbocycles. The SMILES string of the molecule is COc1ccc(C)cc1S(=O)(=O)NC(C)C(=O)Nc1cccc([N+](=O)[O-])c1C. The molecule has 9 nitrogen and oxygen atoms in total. The van der Waals surface area contributed by atoms with E-state index in [2.05, 4.69) is 10.0 Å². The molecule has 0 spiro atoms. The minimum Gasteiger partial charge on any atom is -0.495 e. The first-order valence-corrected chi connectivity index (χ1v) is 9.77. The van der Waals surface area contributed by atoms with E-state index in [-0.39, 0.29) is 27.6 Å². The van der Waals surface area contributed by atoms with E-state index in [0.29, 0.717) is 5.56 Å². The van der Waals surface area contributed by atoms with Crippen LogP contribution in [0.1, 0.15) is 18.1 Å². The van der Waals surface area contributed by atoms with Crippen LogP contribution in [0.15, 0.2) is 41.3 Å². The maximum atomic E-state index is 12.7. The molecule has 150 valence electrons. The van der Waals surface area contributed by atoms with E-state index in [9.17, 15) is 23.3 Å². The summed E-state index contributed by atoms with van der Waals surface area (Å²) >= 11 is 0. The first kappa shape index (κ1) is 21.3. The number of ether oxygens (including phenoxy) is 1. The van der Waals surface area contributed by atoms with Crippen molar-refractivity contribution in [2.45, 2.75) is 31.7 Å². The number of methoxy groups -OCH3 is 1. The summed E-state index contributed by atoms with van der Waals surface area (Å²) in [6.45, 7) is 4.61. The first-order valence-electron chi connectivity index (χ1n) is 8.28. The van der Waals surface area contributed by atoms with E-state index in [1.807, 2.05) is 0 Å². The Morgan fingerprint density at radius 1 is 1.21 bits per heavy atom. The van der Waals surface area contributed by atoms with Gasteiger partial charge >= 0.3 is 0 Å². The first-order chi connectivity index (χ1) is 13.1. The third-order valence-corrected chi connectivity index (χ3v) is 5.66. The quantitative estimate of drug-likeness (QED) is 0.536. The monoisotopic (exact) mass is 407 g/mol. The molecule has 0 fully saturated rings. The summed E-state index contributed by atoms with van der Waals surface area (Å²) in [4.78, 5) is 22.8. The molecule has 0 bridgehead atoms. The zero-order valence-corrected chi connectivity index (χ0v) is 16.7. The Labute approximate surface area is 162 Å². The summed E-state index contributed by atoms with van der Waals surface area (Å²) in [5.41, 5.74) is 1.08. The highest BCUT2D eigenvalue weighted by molar-refractivity contribution is 7.89. The van der Waals surface area contributed by atoms with Crippen LogP contribution in [-0.2, 0) is 14.8 Å². The minimum atomic E-state index is -4.04. The van der Waals surface area contributed by atoms with E-state index in [4.69, 9.17) is 4.74 Å². The van der Waals surface area contributed by atoms with Crippen LogP contribution in [0.25, 0.3) is 0 Å². The number of hydrogen-bond acceptors (Lipinski definition) is 6. The molecule has 0 saturated carbocycles. The molecule has 0 aliphatic rings. The Morgan fingerprint density at radius 3 is 2.50 bits per heavy atom. The topological polar surface area (TPSA) is 128 Å². The van der Waals surface area contributed by atoms with Gasteiger partial charge < -0.3 is 10.1 Å². The Bertz CT molecular complexity index is 1020. The number of nitro benzene ring substituents is 1. The normalized spacial score (nSPS) is 12.3. The van der Waals surface area contributed by atoms with E-state index >= 15 is 0 Å². The van der Waals surface area contributed by atoms with E-state index in [1.165, 1.54) is 51.3 Å². The van der Waals surface area contributed by atoms with Crippen molar-refractivity contribution in [2.24, 2.45) is 0 Å². The van der Waals surface area contributed by atoms with Crippen molar-refractivity contribution in [3.05, 3.63) is 57.6 Å². The van der Waals surface area contributed by atoms with Gasteiger partial charge in [0.05, 0.1) is 29.3 Å². The Morgan fingerprint density at radius 2 is 1.89 bits per heavy atom. The molecular weight excluding hydrogens is 386 g/mol. The number of rotatable bonds is 7. The van der Waals surface area contributed by atoms with E-state index in [0.717, 1.165) is 0 Å². The number of carbonyl (C=O) groups is 1. The third-order valence-electron chi connectivity index (χ3n) is 4.09. The molecule has 0 aromatic heterocycles. The lowest BCUT2D eigenvalue weighted by molar-refractivity contribution is -0.385. The van der Waals surface area contributed by atoms with Crippen molar-refractivity contribution in [3.63, 3.8) is 0 Å². The van der Waals surface area contributed by atoms with E-state index < -0.39 is 26.9 Å². The smallest absolute Gasteiger partial charge is 0.274 e. The number of carbonyl (C=O) groups excluding carboxylic acids is 1. The standard InChI is InChI=1S/C18H21N3O6S/c1-11-8-9-16(27-4)17(10-11)28(25,26)20-13(3)18(22)19-14-6-5-7-15(12(14)2)21(23)24/h5-10,13,20H,1-4H3,(H,19,22). The van der Waals surface area contributed by atoms with Crippen molar-refractivity contribution in [2.75, 3.05) is 12.4 Å². The molecule has 2 N–H and O–H groups in total. The summed E-state index contributed by atoms with van der Waals surface area (Å²) in [5, 5.41) is 13.5. The predicted molar refractivity (Wildman–Crippen MR) is 104 cm³/mol. The van der Waals surface area contributed by atoms with E-state index in [1.54, 1.807) is 13.0 Å². The Balaban J connectivity index is 2.22. The van der Waals surface area contributed by atoms with Gasteiger partial charge in [-0.05, 0) is 44.5 Å². The van der Waals surface area contributed by atoms with Gasteiger partial charge in [-0.2, -0.15) is 4.72 Å². The molecule has 1 amide bonds. The molecule has 1 atom stereocenters.